The van der Waals surface area contributed by atoms with E-state index < -0.39 is 141 Å². The minimum atomic E-state index is -3.08. The number of hydrogen-bond donors (Lipinski definition) is 15. The number of carboxylic acids is 5. The fourth-order valence-electron chi connectivity index (χ4n) is 5.01. The number of ketones is 1. The number of hydrogen-bond acceptors (Lipinski definition) is 18. The average Bonchev–Trinajstić information content (AvgIpc) is 2.95. The second-order valence-electron chi connectivity index (χ2n) is 10.0. The number of Topliss-reactive ketones (excluding diaryl/α,β-unsaturated/α-hetero) is 1. The molecule has 11 atom stereocenters. The molecule has 0 spiro atoms. The fourth-order valence-corrected chi connectivity index (χ4v) is 5.33. The molecule has 23 heteroatoms. The third-order valence-electron chi connectivity index (χ3n) is 7.31. The van der Waals surface area contributed by atoms with Crippen LogP contribution in [0, 0.1) is 23.7 Å². The first-order chi connectivity index (χ1) is 21.5. The molecule has 0 heterocycles. The van der Waals surface area contributed by atoms with E-state index >= 15 is 0 Å². The number of esters is 1. The van der Waals surface area contributed by atoms with Crippen LogP contribution in [0.3, 0.4) is 0 Å². The van der Waals surface area contributed by atoms with E-state index in [0.717, 1.165) is 0 Å². The summed E-state index contributed by atoms with van der Waals surface area (Å²) < 4.78 is 4.54. The molecule has 1 saturated carbocycles. The van der Waals surface area contributed by atoms with Crippen molar-refractivity contribution in [2.24, 2.45) is 23.7 Å². The smallest absolute Gasteiger partial charge is 0.348 e. The molecular weight excluding hydrogens is 672 g/mol. The molecule has 0 amide bonds. The average molecular weight is 699 g/mol. The van der Waals surface area contributed by atoms with E-state index in [1.807, 2.05) is 0 Å². The lowest BCUT2D eigenvalue weighted by Gasteiger charge is -2.43. The summed E-state index contributed by atoms with van der Waals surface area (Å²) >= 11 is 3.61. The normalized spacial score (nSPS) is 25.0. The quantitative estimate of drug-likeness (QED) is 0.0301. The van der Waals surface area contributed by atoms with Crippen LogP contribution in [0.4, 0.5) is 0 Å². The van der Waals surface area contributed by atoms with E-state index in [1.54, 1.807) is 0 Å². The minimum absolute atomic E-state index is 1.05. The molecule has 2 rings (SSSR count). The van der Waals surface area contributed by atoms with Crippen molar-refractivity contribution in [3.05, 3.63) is 11.1 Å². The molecule has 1 aromatic rings. The zero-order valence-electron chi connectivity index (χ0n) is 22.8. The van der Waals surface area contributed by atoms with Gasteiger partial charge in [0.1, 0.15) is 35.4 Å². The van der Waals surface area contributed by atoms with E-state index in [1.165, 1.54) is 0 Å². The fraction of sp³-hybridized carbons (Fsp3) is 0.458. The van der Waals surface area contributed by atoms with Crippen LogP contribution in [0.2, 0.25) is 0 Å². The lowest BCUT2D eigenvalue weighted by atomic mass is 9.64. The maximum absolute atomic E-state index is 13.1. The number of carboxylic acid groups (broad SMARTS) is 5. The number of phenolic OH excluding ortho intramolecular Hbond substituents is 2. The lowest BCUT2D eigenvalue weighted by molar-refractivity contribution is -0.199. The monoisotopic (exact) mass is 698 g/mol. The van der Waals surface area contributed by atoms with Gasteiger partial charge in [-0.15, -0.1) is 12.6 Å². The number of aromatic carboxylic acids is 1. The van der Waals surface area contributed by atoms with Gasteiger partial charge < -0.3 is 76.2 Å². The Bertz CT molecular complexity index is 1460. The third kappa shape index (κ3) is 6.99. The van der Waals surface area contributed by atoms with E-state index in [-0.39, 0.29) is 0 Å². The van der Waals surface area contributed by atoms with Crippen molar-refractivity contribution < 1.29 is 110 Å². The summed E-state index contributed by atoms with van der Waals surface area (Å²) in [7, 11) is 0. The number of aliphatic carboxylic acids is 4. The van der Waals surface area contributed by atoms with Crippen LogP contribution in [0.5, 0.6) is 17.2 Å². The first kappa shape index (κ1) is 38.4. The molecule has 47 heavy (non-hydrogen) atoms. The number of ether oxygens (including phenoxy) is 1. The van der Waals surface area contributed by atoms with E-state index in [4.69, 9.17) is 10.2 Å². The van der Waals surface area contributed by atoms with E-state index in [2.05, 4.69) is 17.4 Å². The summed E-state index contributed by atoms with van der Waals surface area (Å²) in [6.07, 6.45) is -20.6. The molecule has 1 aliphatic rings. The molecule has 11 unspecified atom stereocenters. The zero-order valence-corrected chi connectivity index (χ0v) is 23.7. The first-order valence-corrected chi connectivity index (χ1v) is 12.9. The Kier molecular flexibility index (Phi) is 11.7. The van der Waals surface area contributed by atoms with Gasteiger partial charge in [0, 0.05) is 5.92 Å². The van der Waals surface area contributed by atoms with Gasteiger partial charge >= 0.3 is 35.8 Å². The lowest BCUT2D eigenvalue weighted by Crippen LogP contribution is -2.63. The molecular formula is C24H26O22S. The summed E-state index contributed by atoms with van der Waals surface area (Å²) in [5.74, 6) is -31.6. The molecule has 0 aliphatic heterocycles. The van der Waals surface area contributed by atoms with Crippen LogP contribution in [0.1, 0.15) is 22.0 Å². The van der Waals surface area contributed by atoms with Crippen molar-refractivity contribution in [3.63, 3.8) is 0 Å². The molecule has 1 aromatic carbocycles. The number of aliphatic hydroxyl groups is 6. The van der Waals surface area contributed by atoms with Crippen molar-refractivity contribution >= 4 is 54.2 Å². The standard InChI is InChI=1S/C24H26O22S/c25-7-1(2(19(35)36)10(28)15(33)16(34)22(41)42)8(26)5(9(27)4(7)20(37)38)24(45)46-17(23(43)44)13(31)3-11(29)12(30)6(21(39)40)18(47)14(3)32/h1-2,4-5,7-8,10,13,15-17,25-26,28-34,47H,(H,35,36)(H,37,38)(H,39,40)(H,41,42)(H,43,44). The number of carbonyl (C=O) groups excluding carboxylic acids is 2. The Morgan fingerprint density at radius 1 is 0.702 bits per heavy atom. The van der Waals surface area contributed by atoms with Crippen LogP contribution in [0.25, 0.3) is 0 Å². The number of rotatable bonds is 13. The summed E-state index contributed by atoms with van der Waals surface area (Å²) in [6.45, 7) is 0. The van der Waals surface area contributed by atoms with Gasteiger partial charge in [-0.25, -0.2) is 14.4 Å². The minimum Gasteiger partial charge on any atom is -0.506 e. The summed E-state index contributed by atoms with van der Waals surface area (Å²) in [5, 5.41) is 139. The van der Waals surface area contributed by atoms with Crippen molar-refractivity contribution in [1.29, 1.82) is 0 Å². The van der Waals surface area contributed by atoms with Crippen LogP contribution in [0.15, 0.2) is 4.90 Å². The Balaban J connectivity index is 2.65. The Morgan fingerprint density at radius 2 is 1.21 bits per heavy atom. The highest BCUT2D eigenvalue weighted by Crippen LogP contribution is 2.48. The highest BCUT2D eigenvalue weighted by Gasteiger charge is 2.61. The zero-order chi connectivity index (χ0) is 36.6. The predicted molar refractivity (Wildman–Crippen MR) is 140 cm³/mol. The highest BCUT2D eigenvalue weighted by atomic mass is 32.1. The summed E-state index contributed by atoms with van der Waals surface area (Å²) in [5.41, 5.74) is -2.65. The Hall–Kier alpha value is -4.78. The van der Waals surface area contributed by atoms with Gasteiger partial charge in [-0.3, -0.25) is 19.2 Å². The van der Waals surface area contributed by atoms with Crippen LogP contribution >= 0.6 is 12.6 Å². The van der Waals surface area contributed by atoms with Crippen LogP contribution in [-0.2, 0) is 33.5 Å². The second-order valence-corrected chi connectivity index (χ2v) is 10.5. The largest absolute Gasteiger partial charge is 0.506 e. The summed E-state index contributed by atoms with van der Waals surface area (Å²) in [6, 6.07) is 0. The maximum Gasteiger partial charge on any atom is 0.348 e. The van der Waals surface area contributed by atoms with Gasteiger partial charge in [0.05, 0.1) is 34.7 Å². The predicted octanol–water partition coefficient (Wildman–Crippen LogP) is -5.07. The molecule has 1 fully saturated rings. The van der Waals surface area contributed by atoms with E-state index in [0.29, 0.717) is 0 Å². The van der Waals surface area contributed by atoms with Gasteiger partial charge in [0.2, 0.25) is 6.10 Å². The van der Waals surface area contributed by atoms with Gasteiger partial charge in [0.15, 0.2) is 23.4 Å². The van der Waals surface area contributed by atoms with Crippen molar-refractivity contribution in [3.8, 4) is 17.2 Å². The number of thiol groups is 1. The van der Waals surface area contributed by atoms with Gasteiger partial charge in [0.25, 0.3) is 0 Å². The molecule has 0 aromatic heterocycles. The molecule has 22 nitrogen and oxygen atoms in total. The van der Waals surface area contributed by atoms with Crippen molar-refractivity contribution in [2.75, 3.05) is 0 Å². The summed E-state index contributed by atoms with van der Waals surface area (Å²) in [4.78, 5) is 83.3. The van der Waals surface area contributed by atoms with Crippen LogP contribution in [-0.4, -0.2) is 150 Å². The SMILES string of the molecule is O=C(O)c1c(O)c(O)c(C(O)C(OC(=O)C2C(=O)C(C(=O)O)C(O)C(C(C(=O)O)C(O)C(O)C(O)C(=O)O)C2O)C(=O)O)c(O)c1S. The molecule has 0 saturated heterocycles. The molecule has 0 radical (unpaired) electrons. The number of aromatic hydroxyl groups is 3. The molecule has 14 N–H and O–H groups in total. The number of benzene rings is 1. The molecule has 0 bridgehead atoms. The third-order valence-corrected chi connectivity index (χ3v) is 7.75. The molecule has 260 valence electrons. The van der Waals surface area contributed by atoms with Gasteiger partial charge in [-0.2, -0.15) is 0 Å². The number of aliphatic hydroxyl groups excluding tert-OH is 6. The highest BCUT2D eigenvalue weighted by molar-refractivity contribution is 7.80. The van der Waals surface area contributed by atoms with Gasteiger partial charge in [-0.1, -0.05) is 0 Å². The second kappa shape index (κ2) is 14.3. The Labute approximate surface area is 264 Å². The van der Waals surface area contributed by atoms with Crippen molar-refractivity contribution in [1.82, 2.24) is 0 Å². The van der Waals surface area contributed by atoms with Gasteiger partial charge in [-0.05, 0) is 0 Å². The van der Waals surface area contributed by atoms with Crippen molar-refractivity contribution in [2.45, 2.75) is 47.6 Å². The first-order valence-electron chi connectivity index (χ1n) is 12.5. The molecule has 1 aliphatic carbocycles. The maximum atomic E-state index is 13.1. The number of phenols is 3. The van der Waals surface area contributed by atoms with Crippen LogP contribution < -0.4 is 0 Å². The number of carbonyl (C=O) groups is 7. The topological polar surface area (TPSA) is 412 Å². The Morgan fingerprint density at radius 3 is 1.64 bits per heavy atom. The van der Waals surface area contributed by atoms with E-state index in [9.17, 15) is 94.8 Å².